The SMILES string of the molecule is CCC1CCCCN1C(=O)CCN(C(C)CC)S(C)(=O)=O. The van der Waals surface area contributed by atoms with Crippen molar-refractivity contribution in [2.24, 2.45) is 0 Å². The molecule has 0 aliphatic carbocycles. The molecule has 0 aromatic carbocycles. The van der Waals surface area contributed by atoms with E-state index in [0.29, 0.717) is 12.6 Å². The standard InChI is InChI=1S/C15H30N2O3S/c1-5-13(3)17(21(4,19)20)12-10-15(18)16-11-8-7-9-14(16)6-2/h13-14H,5-12H2,1-4H3. The molecule has 2 unspecified atom stereocenters. The first-order valence-corrected chi connectivity index (χ1v) is 9.92. The average molecular weight is 318 g/mol. The van der Waals surface area contributed by atoms with Gasteiger partial charge >= 0.3 is 0 Å². The van der Waals surface area contributed by atoms with E-state index < -0.39 is 10.0 Å². The van der Waals surface area contributed by atoms with E-state index in [1.807, 2.05) is 18.7 Å². The number of carbonyl (C=O) groups excluding carboxylic acids is 1. The van der Waals surface area contributed by atoms with E-state index in [4.69, 9.17) is 0 Å². The third-order valence-corrected chi connectivity index (χ3v) is 5.87. The number of rotatable bonds is 7. The maximum atomic E-state index is 12.4. The molecule has 0 aromatic rings. The smallest absolute Gasteiger partial charge is 0.224 e. The second-order valence-corrected chi connectivity index (χ2v) is 7.96. The van der Waals surface area contributed by atoms with Crippen LogP contribution in [0.15, 0.2) is 0 Å². The number of hydrogen-bond donors (Lipinski definition) is 0. The maximum Gasteiger partial charge on any atom is 0.224 e. The lowest BCUT2D eigenvalue weighted by molar-refractivity contribution is -0.135. The van der Waals surface area contributed by atoms with Crippen LogP contribution in [-0.4, -0.2) is 55.0 Å². The van der Waals surface area contributed by atoms with Crippen LogP contribution < -0.4 is 0 Å². The van der Waals surface area contributed by atoms with Crippen LogP contribution in [0, 0.1) is 0 Å². The first-order chi connectivity index (χ1) is 9.81. The zero-order valence-corrected chi connectivity index (χ0v) is 14.7. The predicted molar refractivity (Wildman–Crippen MR) is 85.6 cm³/mol. The maximum absolute atomic E-state index is 12.4. The minimum Gasteiger partial charge on any atom is -0.340 e. The van der Waals surface area contributed by atoms with Gasteiger partial charge in [0.1, 0.15) is 0 Å². The van der Waals surface area contributed by atoms with Gasteiger partial charge in [-0.2, -0.15) is 4.31 Å². The zero-order valence-electron chi connectivity index (χ0n) is 13.8. The Kier molecular flexibility index (Phi) is 7.13. The van der Waals surface area contributed by atoms with Gasteiger partial charge in [0.25, 0.3) is 0 Å². The second kappa shape index (κ2) is 8.13. The van der Waals surface area contributed by atoms with Crippen molar-refractivity contribution < 1.29 is 13.2 Å². The Morgan fingerprint density at radius 3 is 2.52 bits per heavy atom. The largest absolute Gasteiger partial charge is 0.340 e. The quantitative estimate of drug-likeness (QED) is 0.723. The molecule has 0 spiro atoms. The van der Waals surface area contributed by atoms with E-state index in [9.17, 15) is 13.2 Å². The summed E-state index contributed by atoms with van der Waals surface area (Å²) in [5.74, 6) is 0.0958. The Balaban J connectivity index is 2.64. The molecule has 0 radical (unpaired) electrons. The second-order valence-electron chi connectivity index (χ2n) is 6.03. The molecule has 124 valence electrons. The highest BCUT2D eigenvalue weighted by Gasteiger charge is 2.27. The van der Waals surface area contributed by atoms with Crippen LogP contribution >= 0.6 is 0 Å². The van der Waals surface area contributed by atoms with Crippen LogP contribution in [0.25, 0.3) is 0 Å². The lowest BCUT2D eigenvalue weighted by atomic mass is 9.99. The zero-order chi connectivity index (χ0) is 16.0. The summed E-state index contributed by atoms with van der Waals surface area (Å²) in [6.45, 7) is 7.07. The van der Waals surface area contributed by atoms with Crippen molar-refractivity contribution in [2.45, 2.75) is 71.4 Å². The molecule has 5 nitrogen and oxygen atoms in total. The van der Waals surface area contributed by atoms with Gasteiger partial charge in [-0.25, -0.2) is 8.42 Å². The lowest BCUT2D eigenvalue weighted by Gasteiger charge is -2.36. The minimum absolute atomic E-state index is 0.0591. The molecule has 1 saturated heterocycles. The molecule has 1 fully saturated rings. The molecular weight excluding hydrogens is 288 g/mol. The van der Waals surface area contributed by atoms with Crippen molar-refractivity contribution in [3.05, 3.63) is 0 Å². The Labute approximate surface area is 129 Å². The van der Waals surface area contributed by atoms with Crippen molar-refractivity contribution in [3.63, 3.8) is 0 Å². The Hall–Kier alpha value is -0.620. The third kappa shape index (κ3) is 5.25. The van der Waals surface area contributed by atoms with E-state index in [-0.39, 0.29) is 18.4 Å². The van der Waals surface area contributed by atoms with Crippen LogP contribution in [0.1, 0.15) is 59.3 Å². The molecular formula is C15H30N2O3S. The summed E-state index contributed by atoms with van der Waals surface area (Å²) in [4.78, 5) is 14.4. The highest BCUT2D eigenvalue weighted by molar-refractivity contribution is 7.88. The van der Waals surface area contributed by atoms with Gasteiger partial charge in [-0.3, -0.25) is 4.79 Å². The average Bonchev–Trinajstić information content (AvgIpc) is 2.45. The van der Waals surface area contributed by atoms with Crippen LogP contribution in [-0.2, 0) is 14.8 Å². The molecule has 2 atom stereocenters. The third-order valence-electron chi connectivity index (χ3n) is 4.47. The normalized spacial score (nSPS) is 21.6. The number of carbonyl (C=O) groups is 1. The van der Waals surface area contributed by atoms with Crippen LogP contribution in [0.5, 0.6) is 0 Å². The molecule has 1 heterocycles. The van der Waals surface area contributed by atoms with Gasteiger partial charge in [-0.15, -0.1) is 0 Å². The summed E-state index contributed by atoms with van der Waals surface area (Å²) < 4.78 is 25.1. The summed E-state index contributed by atoms with van der Waals surface area (Å²) in [6, 6.07) is 0.276. The topological polar surface area (TPSA) is 57.7 Å². The van der Waals surface area contributed by atoms with Crippen molar-refractivity contribution in [1.82, 2.24) is 9.21 Å². The number of sulfonamides is 1. The number of hydrogen-bond acceptors (Lipinski definition) is 3. The van der Waals surface area contributed by atoms with Crippen molar-refractivity contribution in [1.29, 1.82) is 0 Å². The Bertz CT molecular complexity index is 436. The van der Waals surface area contributed by atoms with E-state index >= 15 is 0 Å². The van der Waals surface area contributed by atoms with Gasteiger partial charge in [-0.1, -0.05) is 13.8 Å². The van der Waals surface area contributed by atoms with E-state index in [0.717, 1.165) is 32.2 Å². The number of nitrogens with zero attached hydrogens (tertiary/aromatic N) is 2. The van der Waals surface area contributed by atoms with Gasteiger partial charge < -0.3 is 4.90 Å². The van der Waals surface area contributed by atoms with Gasteiger partial charge in [0.2, 0.25) is 15.9 Å². The van der Waals surface area contributed by atoms with Crippen molar-refractivity contribution in [3.8, 4) is 0 Å². The summed E-state index contributed by atoms with van der Waals surface area (Å²) in [7, 11) is -3.26. The highest BCUT2D eigenvalue weighted by atomic mass is 32.2. The predicted octanol–water partition coefficient (Wildman–Crippen LogP) is 2.23. The monoisotopic (exact) mass is 318 g/mol. The molecule has 0 aromatic heterocycles. The molecule has 6 heteroatoms. The molecule has 1 rings (SSSR count). The fourth-order valence-corrected chi connectivity index (χ4v) is 4.25. The summed E-state index contributed by atoms with van der Waals surface area (Å²) >= 11 is 0. The number of likely N-dealkylation sites (tertiary alicyclic amines) is 1. The summed E-state index contributed by atoms with van der Waals surface area (Å²) in [6.07, 6.45) is 6.56. The molecule has 21 heavy (non-hydrogen) atoms. The Morgan fingerprint density at radius 2 is 2.00 bits per heavy atom. The van der Waals surface area contributed by atoms with E-state index in [2.05, 4.69) is 6.92 Å². The van der Waals surface area contributed by atoms with Gasteiger partial charge in [0.05, 0.1) is 6.26 Å². The molecule has 1 aliphatic heterocycles. The van der Waals surface area contributed by atoms with Gasteiger partial charge in [0, 0.05) is 31.6 Å². The molecule has 0 N–H and O–H groups in total. The molecule has 0 saturated carbocycles. The van der Waals surface area contributed by atoms with E-state index in [1.54, 1.807) is 0 Å². The first kappa shape index (κ1) is 18.4. The summed E-state index contributed by atoms with van der Waals surface area (Å²) in [5, 5.41) is 0. The van der Waals surface area contributed by atoms with Crippen LogP contribution in [0.4, 0.5) is 0 Å². The van der Waals surface area contributed by atoms with Gasteiger partial charge in [-0.05, 0) is 39.0 Å². The van der Waals surface area contributed by atoms with Crippen LogP contribution in [0.3, 0.4) is 0 Å². The number of amides is 1. The van der Waals surface area contributed by atoms with Crippen molar-refractivity contribution in [2.75, 3.05) is 19.3 Å². The minimum atomic E-state index is -3.26. The van der Waals surface area contributed by atoms with Gasteiger partial charge in [0.15, 0.2) is 0 Å². The summed E-state index contributed by atoms with van der Waals surface area (Å²) in [5.41, 5.74) is 0. The Morgan fingerprint density at radius 1 is 1.33 bits per heavy atom. The fourth-order valence-electron chi connectivity index (χ4n) is 3.02. The fraction of sp³-hybridized carbons (Fsp3) is 0.933. The number of piperidine rings is 1. The molecule has 1 aliphatic rings. The molecule has 1 amide bonds. The van der Waals surface area contributed by atoms with E-state index in [1.165, 1.54) is 17.0 Å². The van der Waals surface area contributed by atoms with Crippen LogP contribution in [0.2, 0.25) is 0 Å². The lowest BCUT2D eigenvalue weighted by Crippen LogP contribution is -2.45. The first-order valence-electron chi connectivity index (χ1n) is 8.07. The van der Waals surface area contributed by atoms with Crippen molar-refractivity contribution >= 4 is 15.9 Å². The molecule has 0 bridgehead atoms. The highest BCUT2D eigenvalue weighted by Crippen LogP contribution is 2.20.